The molecule has 0 heterocycles. The van der Waals surface area contributed by atoms with Crippen LogP contribution in [0, 0.1) is 0 Å². The number of nitrogens with one attached hydrogen (secondary N) is 1. The first-order valence-corrected chi connectivity index (χ1v) is 6.88. The Bertz CT molecular complexity index is 573. The molecule has 0 unspecified atom stereocenters. The van der Waals surface area contributed by atoms with Gasteiger partial charge in [0.1, 0.15) is 23.0 Å². The molecular weight excluding hydrogens is 282 g/mol. The van der Waals surface area contributed by atoms with Gasteiger partial charge in [0.05, 0.1) is 34.1 Å². The summed E-state index contributed by atoms with van der Waals surface area (Å²) in [7, 11) is 6.57. The molecule has 5 heteroatoms. The van der Waals surface area contributed by atoms with E-state index in [1.54, 1.807) is 28.4 Å². The van der Waals surface area contributed by atoms with Crippen LogP contribution in [-0.4, -0.2) is 28.4 Å². The van der Waals surface area contributed by atoms with Crippen LogP contribution in [0.25, 0.3) is 0 Å². The predicted octanol–water partition coefficient (Wildman–Crippen LogP) is 3.33. The van der Waals surface area contributed by atoms with E-state index in [1.165, 1.54) is 0 Å². The van der Waals surface area contributed by atoms with Gasteiger partial charge < -0.3 is 24.3 Å². The normalized spacial score (nSPS) is 10.0. The second-order valence-electron chi connectivity index (χ2n) is 4.60. The largest absolute Gasteiger partial charge is 0.497 e. The van der Waals surface area contributed by atoms with Crippen molar-refractivity contribution in [3.8, 4) is 23.0 Å². The molecule has 0 spiro atoms. The quantitative estimate of drug-likeness (QED) is 0.850. The van der Waals surface area contributed by atoms with E-state index >= 15 is 0 Å². The molecule has 0 aliphatic rings. The maximum Gasteiger partial charge on any atom is 0.142 e. The summed E-state index contributed by atoms with van der Waals surface area (Å²) in [6.07, 6.45) is 0. The molecule has 0 amide bonds. The summed E-state index contributed by atoms with van der Waals surface area (Å²) in [5.41, 5.74) is 1.85. The second kappa shape index (κ2) is 7.45. The first kappa shape index (κ1) is 15.8. The van der Waals surface area contributed by atoms with Crippen LogP contribution in [0.4, 0.5) is 5.69 Å². The van der Waals surface area contributed by atoms with E-state index in [2.05, 4.69) is 5.32 Å². The molecule has 0 saturated carbocycles. The Kier molecular flexibility index (Phi) is 5.36. The van der Waals surface area contributed by atoms with Crippen molar-refractivity contribution in [1.29, 1.82) is 0 Å². The van der Waals surface area contributed by atoms with E-state index in [1.807, 2.05) is 36.4 Å². The van der Waals surface area contributed by atoms with Gasteiger partial charge in [0, 0.05) is 18.2 Å². The van der Waals surface area contributed by atoms with Crippen LogP contribution in [0.3, 0.4) is 0 Å². The van der Waals surface area contributed by atoms with Gasteiger partial charge in [0.25, 0.3) is 0 Å². The minimum Gasteiger partial charge on any atom is -0.497 e. The number of benzene rings is 2. The molecule has 0 atom stereocenters. The summed E-state index contributed by atoms with van der Waals surface area (Å²) < 4.78 is 21.3. The van der Waals surface area contributed by atoms with E-state index in [0.717, 1.165) is 34.2 Å². The van der Waals surface area contributed by atoms with Gasteiger partial charge in [-0.1, -0.05) is 0 Å². The summed E-state index contributed by atoms with van der Waals surface area (Å²) in [5, 5.41) is 3.34. The topological polar surface area (TPSA) is 49.0 Å². The van der Waals surface area contributed by atoms with Gasteiger partial charge in [-0.2, -0.15) is 0 Å². The van der Waals surface area contributed by atoms with Gasteiger partial charge in [-0.25, -0.2) is 0 Å². The SMILES string of the molecule is COc1ccc(OC)c(CNc2cc(OC)ccc2OC)c1. The fourth-order valence-corrected chi connectivity index (χ4v) is 2.16. The molecule has 0 aliphatic carbocycles. The van der Waals surface area contributed by atoms with Gasteiger partial charge in [-0.05, 0) is 30.3 Å². The third-order valence-electron chi connectivity index (χ3n) is 3.36. The summed E-state index contributed by atoms with van der Waals surface area (Å²) in [5.74, 6) is 3.11. The summed E-state index contributed by atoms with van der Waals surface area (Å²) in [6.45, 7) is 0.573. The zero-order chi connectivity index (χ0) is 15.9. The van der Waals surface area contributed by atoms with Crippen LogP contribution >= 0.6 is 0 Å². The Hall–Kier alpha value is -2.56. The molecule has 5 nitrogen and oxygen atoms in total. The highest BCUT2D eigenvalue weighted by atomic mass is 16.5. The molecule has 0 bridgehead atoms. The Morgan fingerprint density at radius 1 is 0.727 bits per heavy atom. The number of hydrogen-bond acceptors (Lipinski definition) is 5. The lowest BCUT2D eigenvalue weighted by Crippen LogP contribution is -2.04. The number of hydrogen-bond donors (Lipinski definition) is 1. The molecule has 2 aromatic carbocycles. The third-order valence-corrected chi connectivity index (χ3v) is 3.36. The predicted molar refractivity (Wildman–Crippen MR) is 86.4 cm³/mol. The lowest BCUT2D eigenvalue weighted by atomic mass is 10.1. The number of anilines is 1. The Labute approximate surface area is 130 Å². The van der Waals surface area contributed by atoms with E-state index < -0.39 is 0 Å². The molecule has 0 fully saturated rings. The van der Waals surface area contributed by atoms with Gasteiger partial charge in [-0.3, -0.25) is 0 Å². The molecule has 2 rings (SSSR count). The Morgan fingerprint density at radius 2 is 1.32 bits per heavy atom. The Balaban J connectivity index is 2.22. The summed E-state index contributed by atoms with van der Waals surface area (Å²) in [4.78, 5) is 0. The van der Waals surface area contributed by atoms with Crippen molar-refractivity contribution < 1.29 is 18.9 Å². The minimum atomic E-state index is 0.573. The lowest BCUT2D eigenvalue weighted by molar-refractivity contribution is 0.399. The standard InChI is InChI=1S/C17H21NO4/c1-19-13-5-7-16(21-3)12(9-13)11-18-15-10-14(20-2)6-8-17(15)22-4/h5-10,18H,11H2,1-4H3. The first-order valence-electron chi connectivity index (χ1n) is 6.88. The zero-order valence-corrected chi connectivity index (χ0v) is 13.3. The lowest BCUT2D eigenvalue weighted by Gasteiger charge is -2.15. The van der Waals surface area contributed by atoms with E-state index in [-0.39, 0.29) is 0 Å². The molecule has 0 aromatic heterocycles. The number of rotatable bonds is 7. The van der Waals surface area contributed by atoms with Crippen molar-refractivity contribution in [3.63, 3.8) is 0 Å². The summed E-state index contributed by atoms with van der Waals surface area (Å²) in [6, 6.07) is 11.3. The van der Waals surface area contributed by atoms with E-state index in [9.17, 15) is 0 Å². The third kappa shape index (κ3) is 3.55. The second-order valence-corrected chi connectivity index (χ2v) is 4.60. The van der Waals surface area contributed by atoms with Crippen LogP contribution in [0.2, 0.25) is 0 Å². The van der Waals surface area contributed by atoms with Gasteiger partial charge in [0.2, 0.25) is 0 Å². The van der Waals surface area contributed by atoms with Crippen LogP contribution in [-0.2, 0) is 6.54 Å². The van der Waals surface area contributed by atoms with Crippen molar-refractivity contribution in [2.75, 3.05) is 33.8 Å². The highest BCUT2D eigenvalue weighted by Crippen LogP contribution is 2.31. The maximum atomic E-state index is 5.38. The maximum absolute atomic E-state index is 5.38. The molecule has 1 N–H and O–H groups in total. The van der Waals surface area contributed by atoms with Gasteiger partial charge >= 0.3 is 0 Å². The average Bonchev–Trinajstić information content (AvgIpc) is 2.59. The van der Waals surface area contributed by atoms with E-state index in [4.69, 9.17) is 18.9 Å². The number of methoxy groups -OCH3 is 4. The monoisotopic (exact) mass is 303 g/mol. The van der Waals surface area contributed by atoms with E-state index in [0.29, 0.717) is 6.54 Å². The van der Waals surface area contributed by atoms with Crippen molar-refractivity contribution in [2.24, 2.45) is 0 Å². The Morgan fingerprint density at radius 3 is 1.91 bits per heavy atom. The van der Waals surface area contributed by atoms with Crippen LogP contribution in [0.1, 0.15) is 5.56 Å². The molecule has 0 saturated heterocycles. The summed E-state index contributed by atoms with van der Waals surface area (Å²) >= 11 is 0. The van der Waals surface area contributed by atoms with Crippen LogP contribution in [0.5, 0.6) is 23.0 Å². The van der Waals surface area contributed by atoms with Crippen molar-refractivity contribution in [3.05, 3.63) is 42.0 Å². The smallest absolute Gasteiger partial charge is 0.142 e. The highest BCUT2D eigenvalue weighted by Gasteiger charge is 2.08. The molecular formula is C17H21NO4. The molecule has 2 aromatic rings. The van der Waals surface area contributed by atoms with Gasteiger partial charge in [-0.15, -0.1) is 0 Å². The molecule has 118 valence electrons. The molecule has 0 radical (unpaired) electrons. The van der Waals surface area contributed by atoms with Gasteiger partial charge in [0.15, 0.2) is 0 Å². The van der Waals surface area contributed by atoms with Crippen molar-refractivity contribution in [2.45, 2.75) is 6.54 Å². The molecule has 0 aliphatic heterocycles. The van der Waals surface area contributed by atoms with Crippen molar-refractivity contribution >= 4 is 5.69 Å². The molecule has 22 heavy (non-hydrogen) atoms. The van der Waals surface area contributed by atoms with Crippen LogP contribution < -0.4 is 24.3 Å². The fraction of sp³-hybridized carbons (Fsp3) is 0.294. The fourth-order valence-electron chi connectivity index (χ4n) is 2.16. The van der Waals surface area contributed by atoms with Crippen molar-refractivity contribution in [1.82, 2.24) is 0 Å². The number of ether oxygens (including phenoxy) is 4. The minimum absolute atomic E-state index is 0.573. The first-order chi connectivity index (χ1) is 10.7. The average molecular weight is 303 g/mol. The highest BCUT2D eigenvalue weighted by molar-refractivity contribution is 5.60. The van der Waals surface area contributed by atoms with Crippen LogP contribution in [0.15, 0.2) is 36.4 Å². The zero-order valence-electron chi connectivity index (χ0n) is 13.3.